The van der Waals surface area contributed by atoms with Crippen molar-refractivity contribution in [2.75, 3.05) is 13.1 Å². The number of carbonyl (C=O) groups is 8. The second kappa shape index (κ2) is 32.6. The van der Waals surface area contributed by atoms with Crippen LogP contribution in [-0.2, 0) is 74.1 Å². The van der Waals surface area contributed by atoms with Gasteiger partial charge >= 0.3 is 30.2 Å². The highest BCUT2D eigenvalue weighted by Gasteiger charge is 2.28. The van der Waals surface area contributed by atoms with Crippen LogP contribution in [0.3, 0.4) is 0 Å². The molecule has 19 nitrogen and oxygen atoms in total. The van der Waals surface area contributed by atoms with Crippen LogP contribution in [0.2, 0.25) is 0 Å². The Morgan fingerprint density at radius 3 is 1.14 bits per heavy atom. The SMILES string of the molecule is C=CC(=O)NCCC[C@H](NC(=O)[C@H](C)NC(=O)OCc1ccccc1)C(=O)OCc1ccccc1.C[C@H](NC(=O)OCc1ccccc1)C(=O)N[C@@H](CCCNC(=O)OC(C)(C)C)C(=O)OCc1ccccc1. The third-order valence-corrected chi connectivity index (χ3v) is 10.0. The van der Waals surface area contributed by atoms with Crippen molar-refractivity contribution in [3.05, 3.63) is 156 Å². The highest BCUT2D eigenvalue weighted by atomic mass is 16.6. The minimum atomic E-state index is -0.990. The third kappa shape index (κ3) is 26.0. The largest absolute Gasteiger partial charge is 0.459 e. The topological polar surface area (TPSA) is 255 Å². The maximum Gasteiger partial charge on any atom is 0.408 e. The lowest BCUT2D eigenvalue weighted by molar-refractivity contribution is -0.150. The number of hydrogen-bond acceptors (Lipinski definition) is 13. The Morgan fingerprint density at radius 2 is 0.808 bits per heavy atom. The van der Waals surface area contributed by atoms with Gasteiger partial charge in [-0.25, -0.2) is 24.0 Å². The normalized spacial score (nSPS) is 12.2. The molecule has 4 aromatic rings. The van der Waals surface area contributed by atoms with Gasteiger partial charge in [-0.05, 0) is 88.6 Å². The summed E-state index contributed by atoms with van der Waals surface area (Å²) in [7, 11) is 0. The molecule has 0 spiro atoms. The van der Waals surface area contributed by atoms with Crippen LogP contribution in [0.4, 0.5) is 14.4 Å². The van der Waals surface area contributed by atoms with Crippen molar-refractivity contribution >= 4 is 47.9 Å². The summed E-state index contributed by atoms with van der Waals surface area (Å²) in [5, 5.41) is 15.4. The van der Waals surface area contributed by atoms with Gasteiger partial charge in [0, 0.05) is 13.1 Å². The molecule has 19 heteroatoms. The molecular formula is C54H68N6O13. The summed E-state index contributed by atoms with van der Waals surface area (Å²) in [6.45, 7) is 12.4. The molecule has 4 rings (SSSR count). The van der Waals surface area contributed by atoms with Crippen LogP contribution in [0.15, 0.2) is 134 Å². The van der Waals surface area contributed by atoms with E-state index in [2.05, 4.69) is 38.5 Å². The minimum absolute atomic E-state index is 0.0435. The Bertz CT molecular complexity index is 2350. The first kappa shape index (κ1) is 59.1. The first-order chi connectivity index (χ1) is 34.9. The smallest absolute Gasteiger partial charge is 0.408 e. The van der Waals surface area contributed by atoms with Gasteiger partial charge < -0.3 is 55.6 Å². The second-order valence-corrected chi connectivity index (χ2v) is 17.4. The van der Waals surface area contributed by atoms with Gasteiger partial charge in [0.05, 0.1) is 0 Å². The van der Waals surface area contributed by atoms with Crippen molar-refractivity contribution < 1.29 is 62.0 Å². The molecule has 4 atom stereocenters. The molecule has 0 saturated carbocycles. The number of benzene rings is 4. The van der Waals surface area contributed by atoms with Crippen molar-refractivity contribution in [1.82, 2.24) is 31.9 Å². The zero-order valence-corrected chi connectivity index (χ0v) is 42.0. The number of hydrogen-bond donors (Lipinski definition) is 6. The first-order valence-corrected chi connectivity index (χ1v) is 23.8. The van der Waals surface area contributed by atoms with E-state index in [0.717, 1.165) is 28.3 Å². The van der Waals surface area contributed by atoms with E-state index in [1.807, 2.05) is 121 Å². The van der Waals surface area contributed by atoms with E-state index in [-0.39, 0.29) is 51.7 Å². The Morgan fingerprint density at radius 1 is 0.479 bits per heavy atom. The van der Waals surface area contributed by atoms with E-state index >= 15 is 0 Å². The molecule has 0 bridgehead atoms. The molecule has 73 heavy (non-hydrogen) atoms. The van der Waals surface area contributed by atoms with Gasteiger partial charge in [-0.1, -0.05) is 128 Å². The van der Waals surface area contributed by atoms with Crippen LogP contribution in [0, 0.1) is 0 Å². The summed E-state index contributed by atoms with van der Waals surface area (Å²) in [5.41, 5.74) is 2.59. The molecule has 0 heterocycles. The number of ether oxygens (including phenoxy) is 5. The van der Waals surface area contributed by atoms with Gasteiger partial charge in [0.2, 0.25) is 17.7 Å². The number of esters is 2. The molecule has 6 N–H and O–H groups in total. The lowest BCUT2D eigenvalue weighted by Crippen LogP contribution is -2.51. The minimum Gasteiger partial charge on any atom is -0.459 e. The second-order valence-electron chi connectivity index (χ2n) is 17.4. The summed E-state index contributed by atoms with van der Waals surface area (Å²) in [5.74, 6) is -2.72. The van der Waals surface area contributed by atoms with Crippen molar-refractivity contribution in [3.8, 4) is 0 Å². The Kier molecular flexibility index (Phi) is 26.4. The van der Waals surface area contributed by atoms with Crippen molar-refractivity contribution in [2.45, 2.75) is 116 Å². The van der Waals surface area contributed by atoms with Crippen molar-refractivity contribution in [3.63, 3.8) is 0 Å². The van der Waals surface area contributed by atoms with Gasteiger partial charge in [0.1, 0.15) is 56.2 Å². The van der Waals surface area contributed by atoms with E-state index in [0.29, 0.717) is 19.4 Å². The standard InChI is InChI=1S/C28H37N3O7.C26H31N3O6/c1-20(30-27(35)37-19-22-14-9-6-10-15-22)24(32)31-23(16-11-17-29-26(34)38-28(2,3)4)25(33)36-18-21-12-7-5-8-13-21;1-3-23(30)27-16-10-15-22(25(32)34-17-20-11-6-4-7-12-20)29-24(31)19(2)28-26(33)35-18-21-13-8-5-9-14-21/h5-10,12-15,20,23H,11,16-19H2,1-4H3,(H,29,34)(H,30,35)(H,31,32);3-9,11-14,19,22H,1,10,15-18H2,2H3,(H,27,30)(H,28,33)(H,29,31)/t20-,23-;19-,22-/m00/s1. The van der Waals surface area contributed by atoms with Crippen LogP contribution in [0.25, 0.3) is 0 Å². The highest BCUT2D eigenvalue weighted by molar-refractivity contribution is 5.90. The van der Waals surface area contributed by atoms with Gasteiger partial charge in [0.15, 0.2) is 0 Å². The summed E-state index contributed by atoms with van der Waals surface area (Å²) < 4.78 is 26.3. The molecule has 4 aromatic carbocycles. The van der Waals surface area contributed by atoms with Gasteiger partial charge in [-0.15, -0.1) is 0 Å². The van der Waals surface area contributed by atoms with E-state index in [4.69, 9.17) is 23.7 Å². The highest BCUT2D eigenvalue weighted by Crippen LogP contribution is 2.10. The quantitative estimate of drug-likeness (QED) is 0.0181. The maximum absolute atomic E-state index is 12.8. The fraction of sp³-hybridized carbons (Fsp3) is 0.370. The molecule has 0 aliphatic heterocycles. The Hall–Kier alpha value is -8.22. The van der Waals surface area contributed by atoms with Crippen molar-refractivity contribution in [2.24, 2.45) is 0 Å². The zero-order valence-electron chi connectivity index (χ0n) is 42.0. The molecule has 0 aromatic heterocycles. The van der Waals surface area contributed by atoms with E-state index in [9.17, 15) is 38.4 Å². The number of rotatable bonds is 25. The number of amides is 6. The third-order valence-electron chi connectivity index (χ3n) is 10.0. The predicted molar refractivity (Wildman–Crippen MR) is 271 cm³/mol. The lowest BCUT2D eigenvalue weighted by Gasteiger charge is -2.21. The van der Waals surface area contributed by atoms with E-state index in [1.54, 1.807) is 20.8 Å². The average molecular weight is 1010 g/mol. The van der Waals surface area contributed by atoms with E-state index in [1.165, 1.54) is 13.8 Å². The lowest BCUT2D eigenvalue weighted by atomic mass is 10.1. The summed E-state index contributed by atoms with van der Waals surface area (Å²) >= 11 is 0. The van der Waals surface area contributed by atoms with Crippen LogP contribution < -0.4 is 31.9 Å². The summed E-state index contributed by atoms with van der Waals surface area (Å²) in [4.78, 5) is 98.3. The first-order valence-electron chi connectivity index (χ1n) is 23.8. The monoisotopic (exact) mass is 1010 g/mol. The van der Waals surface area contributed by atoms with Crippen molar-refractivity contribution in [1.29, 1.82) is 0 Å². The molecule has 392 valence electrons. The summed E-state index contributed by atoms with van der Waals surface area (Å²) in [6.07, 6.45) is 0.252. The molecule has 0 unspecified atom stereocenters. The molecular weight excluding hydrogens is 941 g/mol. The fourth-order valence-electron chi connectivity index (χ4n) is 6.16. The molecule has 0 saturated heterocycles. The summed E-state index contributed by atoms with van der Waals surface area (Å²) in [6, 6.07) is 32.7. The average Bonchev–Trinajstić information content (AvgIpc) is 3.38. The predicted octanol–water partition coefficient (Wildman–Crippen LogP) is 6.45. The molecule has 0 aliphatic carbocycles. The van der Waals surface area contributed by atoms with Gasteiger partial charge in [0.25, 0.3) is 0 Å². The molecule has 0 radical (unpaired) electrons. The Balaban J connectivity index is 0.000000387. The zero-order chi connectivity index (χ0) is 53.4. The van der Waals surface area contributed by atoms with Gasteiger partial charge in [-0.3, -0.25) is 14.4 Å². The molecule has 0 aliphatic rings. The Labute approximate surface area is 426 Å². The van der Waals surface area contributed by atoms with Gasteiger partial charge in [-0.2, -0.15) is 0 Å². The van der Waals surface area contributed by atoms with Crippen LogP contribution in [-0.4, -0.2) is 90.8 Å². The molecule has 6 amide bonds. The van der Waals surface area contributed by atoms with E-state index < -0.39 is 71.8 Å². The maximum atomic E-state index is 12.8. The van der Waals surface area contributed by atoms with Crippen LogP contribution >= 0.6 is 0 Å². The number of alkyl carbamates (subject to hydrolysis) is 3. The van der Waals surface area contributed by atoms with Crippen LogP contribution in [0.1, 0.15) is 82.6 Å². The number of carbonyl (C=O) groups excluding carboxylic acids is 8. The fourth-order valence-corrected chi connectivity index (χ4v) is 6.16. The number of nitrogens with one attached hydrogen (secondary N) is 6. The van der Waals surface area contributed by atoms with Crippen LogP contribution in [0.5, 0.6) is 0 Å². The molecule has 0 fully saturated rings.